The molecule has 0 bridgehead atoms. The standard InChI is InChI=1S/C51H32N4/c1-3-14-33(15-4-1)36-16-13-17-37(32-36)50-40-21-8-11-24-44(40)53-51(54-50)35-28-26-34(27-29-35)49-42-30-31-46-48(47(42)39-20-7-10-23-43(39)52-49)41-22-9-12-25-45(41)55(46)38-18-5-2-6-19-38/h1-32H. The maximum Gasteiger partial charge on any atom is 0.160 e. The lowest BCUT2D eigenvalue weighted by Gasteiger charge is -2.13. The zero-order valence-corrected chi connectivity index (χ0v) is 29.8. The number of pyridine rings is 1. The third-order valence-corrected chi connectivity index (χ3v) is 10.8. The molecule has 0 atom stereocenters. The molecule has 55 heavy (non-hydrogen) atoms. The zero-order valence-electron chi connectivity index (χ0n) is 29.8. The van der Waals surface area contributed by atoms with Crippen LogP contribution in [0.2, 0.25) is 0 Å². The van der Waals surface area contributed by atoms with Crippen LogP contribution in [0, 0.1) is 0 Å². The van der Waals surface area contributed by atoms with Crippen molar-refractivity contribution in [1.82, 2.24) is 19.5 Å². The molecule has 11 aromatic rings. The molecule has 0 amide bonds. The van der Waals surface area contributed by atoms with E-state index in [1.165, 1.54) is 32.8 Å². The van der Waals surface area contributed by atoms with Crippen molar-refractivity contribution in [3.05, 3.63) is 194 Å². The monoisotopic (exact) mass is 700 g/mol. The van der Waals surface area contributed by atoms with Gasteiger partial charge in [0.2, 0.25) is 0 Å². The fourth-order valence-corrected chi connectivity index (χ4v) is 8.26. The second kappa shape index (κ2) is 12.6. The summed E-state index contributed by atoms with van der Waals surface area (Å²) in [4.78, 5) is 15.6. The van der Waals surface area contributed by atoms with Crippen LogP contribution in [0.5, 0.6) is 0 Å². The lowest BCUT2D eigenvalue weighted by atomic mass is 9.95. The van der Waals surface area contributed by atoms with E-state index in [2.05, 4.69) is 187 Å². The number of hydrogen-bond donors (Lipinski definition) is 0. The number of benzene rings is 8. The molecule has 0 N–H and O–H groups in total. The van der Waals surface area contributed by atoms with Gasteiger partial charge in [0, 0.05) is 54.7 Å². The van der Waals surface area contributed by atoms with Gasteiger partial charge in [-0.3, -0.25) is 0 Å². The number of fused-ring (bicyclic) bond motifs is 8. The van der Waals surface area contributed by atoms with Crippen LogP contribution in [0.15, 0.2) is 194 Å². The molecule has 0 saturated heterocycles. The Morgan fingerprint density at radius 2 is 0.909 bits per heavy atom. The van der Waals surface area contributed by atoms with Gasteiger partial charge >= 0.3 is 0 Å². The molecule has 0 saturated carbocycles. The van der Waals surface area contributed by atoms with Crippen molar-refractivity contribution < 1.29 is 0 Å². The molecule has 3 aromatic heterocycles. The lowest BCUT2D eigenvalue weighted by molar-refractivity contribution is 1.18. The molecule has 0 unspecified atom stereocenters. The number of rotatable bonds is 5. The van der Waals surface area contributed by atoms with E-state index >= 15 is 0 Å². The average molecular weight is 701 g/mol. The SMILES string of the molecule is c1ccc(-c2cccc(-c3nc(-c4ccc(-c5nc6ccccc6c6c5ccc5c6c6ccccc6n5-c5ccccc5)cc4)nc4ccccc34)c2)cc1. The van der Waals surface area contributed by atoms with E-state index in [1.807, 2.05) is 12.1 Å². The molecular formula is C51H32N4. The first kappa shape index (κ1) is 31.1. The van der Waals surface area contributed by atoms with Crippen molar-refractivity contribution in [3.63, 3.8) is 0 Å². The van der Waals surface area contributed by atoms with Crippen molar-refractivity contribution in [3.8, 4) is 50.7 Å². The predicted molar refractivity (Wildman–Crippen MR) is 228 cm³/mol. The van der Waals surface area contributed by atoms with Gasteiger partial charge in [0.1, 0.15) is 0 Å². The van der Waals surface area contributed by atoms with E-state index in [1.54, 1.807) is 0 Å². The van der Waals surface area contributed by atoms with E-state index in [-0.39, 0.29) is 0 Å². The largest absolute Gasteiger partial charge is 0.309 e. The fourth-order valence-electron chi connectivity index (χ4n) is 8.26. The van der Waals surface area contributed by atoms with E-state index in [9.17, 15) is 0 Å². The summed E-state index contributed by atoms with van der Waals surface area (Å²) in [6, 6.07) is 68.4. The summed E-state index contributed by atoms with van der Waals surface area (Å²) in [5, 5.41) is 6.98. The minimum atomic E-state index is 0.692. The molecule has 0 radical (unpaired) electrons. The Kier molecular flexibility index (Phi) is 7.14. The number of hydrogen-bond acceptors (Lipinski definition) is 3. The maximum absolute atomic E-state index is 5.32. The van der Waals surface area contributed by atoms with Crippen LogP contribution in [0.3, 0.4) is 0 Å². The Morgan fingerprint density at radius 1 is 0.309 bits per heavy atom. The predicted octanol–water partition coefficient (Wildman–Crippen LogP) is 13.1. The molecule has 11 rings (SSSR count). The molecular weight excluding hydrogens is 669 g/mol. The summed E-state index contributed by atoms with van der Waals surface area (Å²) >= 11 is 0. The van der Waals surface area contributed by atoms with Gasteiger partial charge < -0.3 is 4.57 Å². The molecule has 0 spiro atoms. The van der Waals surface area contributed by atoms with Crippen LogP contribution in [0.25, 0.3) is 105 Å². The summed E-state index contributed by atoms with van der Waals surface area (Å²) in [5.74, 6) is 0.692. The Morgan fingerprint density at radius 3 is 1.71 bits per heavy atom. The minimum absolute atomic E-state index is 0.692. The quantitative estimate of drug-likeness (QED) is 0.168. The van der Waals surface area contributed by atoms with Crippen LogP contribution < -0.4 is 0 Å². The van der Waals surface area contributed by atoms with Gasteiger partial charge in [0.15, 0.2) is 5.82 Å². The molecule has 3 heterocycles. The van der Waals surface area contributed by atoms with Gasteiger partial charge in [-0.05, 0) is 53.6 Å². The smallest absolute Gasteiger partial charge is 0.160 e. The van der Waals surface area contributed by atoms with Crippen LogP contribution in [-0.2, 0) is 0 Å². The first-order valence-electron chi connectivity index (χ1n) is 18.6. The van der Waals surface area contributed by atoms with E-state index in [0.29, 0.717) is 5.82 Å². The zero-order chi connectivity index (χ0) is 36.3. The van der Waals surface area contributed by atoms with Crippen LogP contribution in [0.4, 0.5) is 0 Å². The molecule has 4 heteroatoms. The molecule has 0 aliphatic rings. The number of nitrogens with zero attached hydrogens (tertiary/aromatic N) is 4. The Labute approximate surface area is 317 Å². The van der Waals surface area contributed by atoms with E-state index in [4.69, 9.17) is 15.0 Å². The van der Waals surface area contributed by atoms with Gasteiger partial charge in [0.05, 0.1) is 33.5 Å². The van der Waals surface area contributed by atoms with Crippen molar-refractivity contribution in [2.75, 3.05) is 0 Å². The number of aromatic nitrogens is 4. The van der Waals surface area contributed by atoms with E-state index in [0.717, 1.165) is 66.5 Å². The van der Waals surface area contributed by atoms with Crippen molar-refractivity contribution in [2.24, 2.45) is 0 Å². The normalized spacial score (nSPS) is 11.6. The second-order valence-corrected chi connectivity index (χ2v) is 14.0. The van der Waals surface area contributed by atoms with Gasteiger partial charge in [-0.2, -0.15) is 0 Å². The lowest BCUT2D eigenvalue weighted by Crippen LogP contribution is -1.96. The maximum atomic E-state index is 5.32. The topological polar surface area (TPSA) is 43.6 Å². The Bertz CT molecular complexity index is 3240. The minimum Gasteiger partial charge on any atom is -0.309 e. The number of para-hydroxylation sites is 4. The highest BCUT2D eigenvalue weighted by Crippen LogP contribution is 2.42. The highest BCUT2D eigenvalue weighted by atomic mass is 15.0. The van der Waals surface area contributed by atoms with Gasteiger partial charge in [-0.15, -0.1) is 0 Å². The van der Waals surface area contributed by atoms with Crippen molar-refractivity contribution in [1.29, 1.82) is 0 Å². The van der Waals surface area contributed by atoms with Crippen molar-refractivity contribution >= 4 is 54.4 Å². The van der Waals surface area contributed by atoms with E-state index < -0.39 is 0 Å². The molecule has 4 nitrogen and oxygen atoms in total. The first-order valence-corrected chi connectivity index (χ1v) is 18.6. The summed E-state index contributed by atoms with van der Waals surface area (Å²) in [6.07, 6.45) is 0. The third-order valence-electron chi connectivity index (χ3n) is 10.8. The second-order valence-electron chi connectivity index (χ2n) is 14.0. The van der Waals surface area contributed by atoms with Gasteiger partial charge in [-0.1, -0.05) is 152 Å². The third kappa shape index (κ3) is 5.11. The molecule has 8 aromatic carbocycles. The Hall–Kier alpha value is -7.43. The summed E-state index contributed by atoms with van der Waals surface area (Å²) < 4.78 is 2.38. The Balaban J connectivity index is 1.08. The highest BCUT2D eigenvalue weighted by molar-refractivity contribution is 6.29. The van der Waals surface area contributed by atoms with Crippen LogP contribution in [0.1, 0.15) is 0 Å². The fraction of sp³-hybridized carbons (Fsp3) is 0. The molecule has 0 fully saturated rings. The molecule has 0 aliphatic carbocycles. The first-order chi connectivity index (χ1) is 27.3. The highest BCUT2D eigenvalue weighted by Gasteiger charge is 2.20. The van der Waals surface area contributed by atoms with Gasteiger partial charge in [-0.25, -0.2) is 15.0 Å². The molecule has 0 aliphatic heterocycles. The summed E-state index contributed by atoms with van der Waals surface area (Å²) in [6.45, 7) is 0. The summed E-state index contributed by atoms with van der Waals surface area (Å²) in [5.41, 5.74) is 12.7. The average Bonchev–Trinajstić information content (AvgIpc) is 3.61. The van der Waals surface area contributed by atoms with Crippen molar-refractivity contribution in [2.45, 2.75) is 0 Å². The van der Waals surface area contributed by atoms with Crippen LogP contribution in [-0.4, -0.2) is 19.5 Å². The van der Waals surface area contributed by atoms with Gasteiger partial charge in [0.25, 0.3) is 0 Å². The summed E-state index contributed by atoms with van der Waals surface area (Å²) in [7, 11) is 0. The van der Waals surface area contributed by atoms with Crippen LogP contribution >= 0.6 is 0 Å². The molecule has 256 valence electrons.